The van der Waals surface area contributed by atoms with Crippen LogP contribution in [0.2, 0.25) is 0 Å². The highest BCUT2D eigenvalue weighted by atomic mass is 16.6. The summed E-state index contributed by atoms with van der Waals surface area (Å²) >= 11 is 0. The Bertz CT molecular complexity index is 759. The lowest BCUT2D eigenvalue weighted by Crippen LogP contribution is -2.55. The van der Waals surface area contributed by atoms with Crippen LogP contribution in [0, 0.1) is 0 Å². The molecule has 0 unspecified atom stereocenters. The SMILES string of the molecule is CNC(=O)[C@@]1(NC(=O)[C@@H]2CCCN2C(=O)OC(C)(C)C)C[C@@H]1c1ccccc1. The number of likely N-dealkylation sites (N-methyl/N-ethyl adjacent to an activating group) is 1. The van der Waals surface area contributed by atoms with Gasteiger partial charge in [-0.15, -0.1) is 0 Å². The summed E-state index contributed by atoms with van der Waals surface area (Å²) < 4.78 is 5.43. The van der Waals surface area contributed by atoms with Gasteiger partial charge in [-0.05, 0) is 45.6 Å². The van der Waals surface area contributed by atoms with Crippen molar-refractivity contribution in [2.75, 3.05) is 13.6 Å². The first kappa shape index (κ1) is 20.2. The van der Waals surface area contributed by atoms with Crippen LogP contribution in [-0.2, 0) is 14.3 Å². The molecule has 1 heterocycles. The van der Waals surface area contributed by atoms with Crippen LogP contribution in [0.4, 0.5) is 4.79 Å². The molecule has 0 bridgehead atoms. The van der Waals surface area contributed by atoms with E-state index in [9.17, 15) is 14.4 Å². The van der Waals surface area contributed by atoms with Crippen molar-refractivity contribution in [1.82, 2.24) is 15.5 Å². The number of hydrogen-bond donors (Lipinski definition) is 2. The van der Waals surface area contributed by atoms with Gasteiger partial charge in [0.25, 0.3) is 0 Å². The van der Waals surface area contributed by atoms with Gasteiger partial charge >= 0.3 is 6.09 Å². The number of nitrogens with one attached hydrogen (secondary N) is 2. The standard InChI is InChI=1S/C21H29N3O4/c1-20(2,3)28-19(27)24-12-8-11-16(24)17(25)23-21(18(26)22-4)13-15(21)14-9-6-5-7-10-14/h5-7,9-10,15-16H,8,11-13H2,1-4H3,(H,22,26)(H,23,25)/t15-,16+,21-/m1/s1. The minimum atomic E-state index is -0.963. The molecule has 0 aromatic heterocycles. The second-order valence-electron chi connectivity index (χ2n) is 8.54. The quantitative estimate of drug-likeness (QED) is 0.829. The predicted molar refractivity (Wildman–Crippen MR) is 105 cm³/mol. The highest BCUT2D eigenvalue weighted by Crippen LogP contribution is 2.51. The lowest BCUT2D eigenvalue weighted by atomic mass is 10.0. The monoisotopic (exact) mass is 387 g/mol. The number of carbonyl (C=O) groups excluding carboxylic acids is 3. The summed E-state index contributed by atoms with van der Waals surface area (Å²) in [6.07, 6.45) is 1.34. The van der Waals surface area contributed by atoms with Crippen molar-refractivity contribution in [2.24, 2.45) is 0 Å². The molecule has 1 saturated heterocycles. The van der Waals surface area contributed by atoms with Crippen LogP contribution in [0.1, 0.15) is 51.5 Å². The number of carbonyl (C=O) groups is 3. The summed E-state index contributed by atoms with van der Waals surface area (Å²) in [4.78, 5) is 39.6. The minimum Gasteiger partial charge on any atom is -0.444 e. The van der Waals surface area contributed by atoms with Crippen molar-refractivity contribution in [1.29, 1.82) is 0 Å². The molecule has 3 atom stereocenters. The Hall–Kier alpha value is -2.57. The molecule has 3 rings (SSSR count). The molecular weight excluding hydrogens is 358 g/mol. The van der Waals surface area contributed by atoms with Crippen LogP contribution in [0.3, 0.4) is 0 Å². The zero-order valence-electron chi connectivity index (χ0n) is 17.0. The zero-order chi connectivity index (χ0) is 20.5. The highest BCUT2D eigenvalue weighted by molar-refractivity contribution is 5.98. The van der Waals surface area contributed by atoms with E-state index >= 15 is 0 Å². The van der Waals surface area contributed by atoms with E-state index in [1.165, 1.54) is 4.90 Å². The van der Waals surface area contributed by atoms with Crippen molar-refractivity contribution >= 4 is 17.9 Å². The van der Waals surface area contributed by atoms with Gasteiger partial charge in [-0.1, -0.05) is 30.3 Å². The van der Waals surface area contributed by atoms with E-state index in [0.29, 0.717) is 19.4 Å². The Morgan fingerprint density at radius 1 is 1.18 bits per heavy atom. The van der Waals surface area contributed by atoms with Gasteiger partial charge in [0.2, 0.25) is 11.8 Å². The molecule has 3 amide bonds. The van der Waals surface area contributed by atoms with Crippen LogP contribution in [-0.4, -0.2) is 53.6 Å². The normalized spacial score (nSPS) is 26.5. The van der Waals surface area contributed by atoms with E-state index in [1.54, 1.807) is 27.8 Å². The van der Waals surface area contributed by atoms with E-state index in [2.05, 4.69) is 10.6 Å². The third-order valence-electron chi connectivity index (χ3n) is 5.32. The summed E-state index contributed by atoms with van der Waals surface area (Å²) in [6, 6.07) is 9.07. The molecule has 1 aromatic rings. The van der Waals surface area contributed by atoms with Gasteiger partial charge in [0.05, 0.1) is 0 Å². The molecule has 1 aromatic carbocycles. The lowest BCUT2D eigenvalue weighted by molar-refractivity contribution is -0.132. The van der Waals surface area contributed by atoms with Gasteiger partial charge in [-0.25, -0.2) is 4.79 Å². The van der Waals surface area contributed by atoms with E-state index < -0.39 is 23.3 Å². The Morgan fingerprint density at radius 2 is 1.86 bits per heavy atom. The minimum absolute atomic E-state index is 0.0750. The molecule has 28 heavy (non-hydrogen) atoms. The molecule has 1 saturated carbocycles. The Balaban J connectivity index is 1.74. The van der Waals surface area contributed by atoms with Crippen molar-refractivity contribution in [3.63, 3.8) is 0 Å². The van der Waals surface area contributed by atoms with Crippen molar-refractivity contribution in [2.45, 2.75) is 63.1 Å². The number of hydrogen-bond acceptors (Lipinski definition) is 4. The fourth-order valence-electron chi connectivity index (χ4n) is 3.90. The van der Waals surface area contributed by atoms with Gasteiger partial charge in [0.1, 0.15) is 17.2 Å². The predicted octanol–water partition coefficient (Wildman–Crippen LogP) is 2.17. The van der Waals surface area contributed by atoms with Gasteiger partial charge in [0, 0.05) is 19.5 Å². The summed E-state index contributed by atoms with van der Waals surface area (Å²) in [6.45, 7) is 5.87. The van der Waals surface area contributed by atoms with Crippen LogP contribution in [0.25, 0.3) is 0 Å². The molecule has 2 N–H and O–H groups in total. The number of benzene rings is 1. The Morgan fingerprint density at radius 3 is 2.46 bits per heavy atom. The zero-order valence-corrected chi connectivity index (χ0v) is 17.0. The number of amides is 3. The summed E-state index contributed by atoms with van der Waals surface area (Å²) in [7, 11) is 1.57. The topological polar surface area (TPSA) is 87.7 Å². The maximum atomic E-state index is 13.0. The molecule has 2 aliphatic rings. The second-order valence-corrected chi connectivity index (χ2v) is 8.54. The summed E-state index contributed by atoms with van der Waals surface area (Å²) in [5.74, 6) is -0.587. The van der Waals surface area contributed by atoms with E-state index in [-0.39, 0.29) is 17.7 Å². The third kappa shape index (κ3) is 3.98. The lowest BCUT2D eigenvalue weighted by Gasteiger charge is -2.29. The van der Waals surface area contributed by atoms with Crippen LogP contribution in [0.15, 0.2) is 30.3 Å². The third-order valence-corrected chi connectivity index (χ3v) is 5.32. The molecule has 0 spiro atoms. The number of rotatable bonds is 4. The fourth-order valence-corrected chi connectivity index (χ4v) is 3.90. The Labute approximate surface area is 165 Å². The van der Waals surface area contributed by atoms with Crippen LogP contribution >= 0.6 is 0 Å². The Kier molecular flexibility index (Phi) is 5.37. The van der Waals surface area contributed by atoms with E-state index in [1.807, 2.05) is 30.3 Å². The molecule has 152 valence electrons. The number of likely N-dealkylation sites (tertiary alicyclic amines) is 1. The highest BCUT2D eigenvalue weighted by Gasteiger charge is 2.62. The molecule has 7 heteroatoms. The molecule has 2 fully saturated rings. The average Bonchev–Trinajstić information content (AvgIpc) is 3.14. The van der Waals surface area contributed by atoms with Crippen LogP contribution < -0.4 is 10.6 Å². The molecule has 1 aliphatic carbocycles. The molecule has 0 radical (unpaired) electrons. The maximum absolute atomic E-state index is 13.0. The molecular formula is C21H29N3O4. The summed E-state index contributed by atoms with van der Waals surface area (Å²) in [5.41, 5.74) is -0.573. The first-order chi connectivity index (χ1) is 13.2. The van der Waals surface area contributed by atoms with Crippen molar-refractivity contribution in [3.05, 3.63) is 35.9 Å². The van der Waals surface area contributed by atoms with Gasteiger partial charge < -0.3 is 15.4 Å². The first-order valence-electron chi connectivity index (χ1n) is 9.77. The fraction of sp³-hybridized carbons (Fsp3) is 0.571. The summed E-state index contributed by atoms with van der Waals surface area (Å²) in [5, 5.41) is 5.63. The first-order valence-corrected chi connectivity index (χ1v) is 9.77. The van der Waals surface area contributed by atoms with Crippen molar-refractivity contribution < 1.29 is 19.1 Å². The molecule has 1 aliphatic heterocycles. The van der Waals surface area contributed by atoms with E-state index in [4.69, 9.17) is 4.74 Å². The molecule has 7 nitrogen and oxygen atoms in total. The van der Waals surface area contributed by atoms with Gasteiger partial charge in [-0.3, -0.25) is 14.5 Å². The largest absolute Gasteiger partial charge is 0.444 e. The van der Waals surface area contributed by atoms with Crippen molar-refractivity contribution in [3.8, 4) is 0 Å². The number of nitrogens with zero attached hydrogens (tertiary/aromatic N) is 1. The smallest absolute Gasteiger partial charge is 0.410 e. The van der Waals surface area contributed by atoms with Crippen LogP contribution in [0.5, 0.6) is 0 Å². The second kappa shape index (κ2) is 7.45. The average molecular weight is 387 g/mol. The van der Waals surface area contributed by atoms with Gasteiger partial charge in [0.15, 0.2) is 0 Å². The van der Waals surface area contributed by atoms with E-state index in [0.717, 1.165) is 12.0 Å². The maximum Gasteiger partial charge on any atom is 0.410 e. The number of ether oxygens (including phenoxy) is 1. The van der Waals surface area contributed by atoms with Gasteiger partial charge in [-0.2, -0.15) is 0 Å².